The molecular formula is C18H20N2S. The van der Waals surface area contributed by atoms with Crippen molar-refractivity contribution in [2.75, 3.05) is 5.32 Å². The normalized spacial score (nSPS) is 12.5. The summed E-state index contributed by atoms with van der Waals surface area (Å²) in [5.74, 6) is 0. The molecule has 3 rings (SSSR count). The number of benzene rings is 2. The molecule has 0 saturated heterocycles. The molecule has 1 heterocycles. The molecule has 3 heteroatoms. The number of thiazole rings is 1. The van der Waals surface area contributed by atoms with Gasteiger partial charge in [-0.2, -0.15) is 0 Å². The highest BCUT2D eigenvalue weighted by Crippen LogP contribution is 2.27. The zero-order chi connectivity index (χ0) is 14.7. The molecule has 108 valence electrons. The number of aryl methyl sites for hydroxylation is 1. The summed E-state index contributed by atoms with van der Waals surface area (Å²) in [5.41, 5.74) is 6.87. The lowest BCUT2D eigenvalue weighted by molar-refractivity contribution is 0.749. The number of aromatic nitrogens is 1. The average Bonchev–Trinajstić information content (AvgIpc) is 3.00. The van der Waals surface area contributed by atoms with Gasteiger partial charge < -0.3 is 5.32 Å². The average molecular weight is 296 g/mol. The van der Waals surface area contributed by atoms with E-state index in [1.165, 1.54) is 15.8 Å². The first kappa shape index (κ1) is 14.1. The molecule has 0 spiro atoms. The summed E-state index contributed by atoms with van der Waals surface area (Å²) in [4.78, 5) is 4.33. The van der Waals surface area contributed by atoms with E-state index in [2.05, 4.69) is 66.6 Å². The standard InChI is InChI=1S/C18H20N2S/c1-3-13-5-7-14(8-6-13)16(4-2)20-15-9-10-17-18(11-15)21-12-19-17/h5-12,16,20H,3-4H2,1-2H3. The quantitative estimate of drug-likeness (QED) is 0.680. The summed E-state index contributed by atoms with van der Waals surface area (Å²) in [5, 5.41) is 3.64. The molecule has 0 fully saturated rings. The molecule has 3 aromatic rings. The van der Waals surface area contributed by atoms with Crippen molar-refractivity contribution in [2.45, 2.75) is 32.7 Å². The molecule has 1 atom stereocenters. The van der Waals surface area contributed by atoms with Crippen LogP contribution in [0.4, 0.5) is 5.69 Å². The SMILES string of the molecule is CCc1ccc(C(CC)Nc2ccc3ncsc3c2)cc1. The van der Waals surface area contributed by atoms with Crippen molar-refractivity contribution in [1.82, 2.24) is 4.98 Å². The van der Waals surface area contributed by atoms with Crippen molar-refractivity contribution in [1.29, 1.82) is 0 Å². The molecule has 1 N–H and O–H groups in total. The van der Waals surface area contributed by atoms with E-state index in [9.17, 15) is 0 Å². The van der Waals surface area contributed by atoms with E-state index in [0.29, 0.717) is 6.04 Å². The molecule has 1 aromatic heterocycles. The van der Waals surface area contributed by atoms with E-state index in [0.717, 1.165) is 24.0 Å². The molecular weight excluding hydrogens is 276 g/mol. The third-order valence-electron chi connectivity index (χ3n) is 3.87. The lowest BCUT2D eigenvalue weighted by atomic mass is 10.0. The first-order chi connectivity index (χ1) is 10.3. The summed E-state index contributed by atoms with van der Waals surface area (Å²) in [6.07, 6.45) is 2.15. The number of hydrogen-bond acceptors (Lipinski definition) is 3. The molecule has 2 aromatic carbocycles. The fraction of sp³-hybridized carbons (Fsp3) is 0.278. The fourth-order valence-electron chi connectivity index (χ4n) is 2.55. The Kier molecular flexibility index (Phi) is 4.20. The third-order valence-corrected chi connectivity index (χ3v) is 4.66. The Labute approximate surface area is 129 Å². The topological polar surface area (TPSA) is 24.9 Å². The second-order valence-electron chi connectivity index (χ2n) is 5.24. The van der Waals surface area contributed by atoms with Gasteiger partial charge in [-0.3, -0.25) is 0 Å². The van der Waals surface area contributed by atoms with Crippen LogP contribution in [0, 0.1) is 0 Å². The highest BCUT2D eigenvalue weighted by Gasteiger charge is 2.09. The van der Waals surface area contributed by atoms with Crippen molar-refractivity contribution >= 4 is 27.2 Å². The Morgan fingerprint density at radius 2 is 1.90 bits per heavy atom. The minimum Gasteiger partial charge on any atom is -0.378 e. The van der Waals surface area contributed by atoms with Crippen LogP contribution in [0.3, 0.4) is 0 Å². The highest BCUT2D eigenvalue weighted by molar-refractivity contribution is 7.16. The summed E-state index contributed by atoms with van der Waals surface area (Å²) >= 11 is 1.69. The summed E-state index contributed by atoms with van der Waals surface area (Å²) in [6.45, 7) is 4.41. The third kappa shape index (κ3) is 3.08. The van der Waals surface area contributed by atoms with Crippen molar-refractivity contribution in [2.24, 2.45) is 0 Å². The van der Waals surface area contributed by atoms with Crippen molar-refractivity contribution < 1.29 is 0 Å². The van der Waals surface area contributed by atoms with E-state index in [1.807, 2.05) is 5.51 Å². The molecule has 0 bridgehead atoms. The van der Waals surface area contributed by atoms with Gasteiger partial charge in [0.25, 0.3) is 0 Å². The predicted octanol–water partition coefficient (Wildman–Crippen LogP) is 5.42. The maximum atomic E-state index is 4.33. The maximum Gasteiger partial charge on any atom is 0.0813 e. The molecule has 0 aliphatic rings. The highest BCUT2D eigenvalue weighted by atomic mass is 32.1. The monoisotopic (exact) mass is 296 g/mol. The molecule has 2 nitrogen and oxygen atoms in total. The second kappa shape index (κ2) is 6.27. The molecule has 0 saturated carbocycles. The second-order valence-corrected chi connectivity index (χ2v) is 6.12. The van der Waals surface area contributed by atoms with E-state index in [4.69, 9.17) is 0 Å². The van der Waals surface area contributed by atoms with Gasteiger partial charge in [-0.1, -0.05) is 38.1 Å². The van der Waals surface area contributed by atoms with Gasteiger partial charge >= 0.3 is 0 Å². The maximum absolute atomic E-state index is 4.33. The van der Waals surface area contributed by atoms with Crippen molar-refractivity contribution in [3.8, 4) is 0 Å². The van der Waals surface area contributed by atoms with Gasteiger partial charge in [-0.25, -0.2) is 4.98 Å². The number of anilines is 1. The van der Waals surface area contributed by atoms with Gasteiger partial charge in [0.15, 0.2) is 0 Å². The zero-order valence-electron chi connectivity index (χ0n) is 12.5. The summed E-state index contributed by atoms with van der Waals surface area (Å²) in [7, 11) is 0. The zero-order valence-corrected chi connectivity index (χ0v) is 13.3. The number of fused-ring (bicyclic) bond motifs is 1. The minimum absolute atomic E-state index is 0.348. The van der Waals surface area contributed by atoms with Gasteiger partial charge in [0.05, 0.1) is 21.8 Å². The lowest BCUT2D eigenvalue weighted by Gasteiger charge is -2.19. The van der Waals surface area contributed by atoms with Gasteiger partial charge in [0, 0.05) is 5.69 Å². The summed E-state index contributed by atoms with van der Waals surface area (Å²) < 4.78 is 1.23. The number of hydrogen-bond donors (Lipinski definition) is 1. The molecule has 0 radical (unpaired) electrons. The molecule has 0 aliphatic carbocycles. The van der Waals surface area contributed by atoms with E-state index >= 15 is 0 Å². The van der Waals surface area contributed by atoms with Crippen LogP contribution in [0.25, 0.3) is 10.2 Å². The number of nitrogens with one attached hydrogen (secondary N) is 1. The van der Waals surface area contributed by atoms with Crippen LogP contribution in [-0.2, 0) is 6.42 Å². The Bertz CT molecular complexity index is 715. The lowest BCUT2D eigenvalue weighted by Crippen LogP contribution is -2.09. The predicted molar refractivity (Wildman–Crippen MR) is 92.1 cm³/mol. The Hall–Kier alpha value is -1.87. The number of nitrogens with zero attached hydrogens (tertiary/aromatic N) is 1. The van der Waals surface area contributed by atoms with Crippen LogP contribution in [0.1, 0.15) is 37.4 Å². The summed E-state index contributed by atoms with van der Waals surface area (Å²) in [6, 6.07) is 15.7. The van der Waals surface area contributed by atoms with E-state index in [1.54, 1.807) is 11.3 Å². The molecule has 21 heavy (non-hydrogen) atoms. The van der Waals surface area contributed by atoms with Crippen LogP contribution in [0.2, 0.25) is 0 Å². The van der Waals surface area contributed by atoms with Crippen LogP contribution >= 0.6 is 11.3 Å². The van der Waals surface area contributed by atoms with Gasteiger partial charge in [-0.15, -0.1) is 11.3 Å². The Morgan fingerprint density at radius 1 is 1.10 bits per heavy atom. The van der Waals surface area contributed by atoms with Crippen LogP contribution < -0.4 is 5.32 Å². The Balaban J connectivity index is 1.82. The molecule has 0 amide bonds. The fourth-order valence-corrected chi connectivity index (χ4v) is 3.27. The van der Waals surface area contributed by atoms with E-state index in [-0.39, 0.29) is 0 Å². The largest absolute Gasteiger partial charge is 0.378 e. The van der Waals surface area contributed by atoms with Crippen LogP contribution in [-0.4, -0.2) is 4.98 Å². The van der Waals surface area contributed by atoms with E-state index < -0.39 is 0 Å². The smallest absolute Gasteiger partial charge is 0.0813 e. The molecule has 0 aliphatic heterocycles. The van der Waals surface area contributed by atoms with Crippen molar-refractivity contribution in [3.05, 3.63) is 59.1 Å². The van der Waals surface area contributed by atoms with Crippen LogP contribution in [0.15, 0.2) is 48.0 Å². The van der Waals surface area contributed by atoms with Gasteiger partial charge in [0.1, 0.15) is 0 Å². The minimum atomic E-state index is 0.348. The first-order valence-electron chi connectivity index (χ1n) is 7.48. The van der Waals surface area contributed by atoms with Gasteiger partial charge in [0.2, 0.25) is 0 Å². The van der Waals surface area contributed by atoms with Crippen molar-refractivity contribution in [3.63, 3.8) is 0 Å². The number of rotatable bonds is 5. The first-order valence-corrected chi connectivity index (χ1v) is 8.36. The van der Waals surface area contributed by atoms with Gasteiger partial charge in [-0.05, 0) is 42.2 Å². The molecule has 1 unspecified atom stereocenters. The van der Waals surface area contributed by atoms with Crippen LogP contribution in [0.5, 0.6) is 0 Å². The Morgan fingerprint density at radius 3 is 2.62 bits per heavy atom.